The van der Waals surface area contributed by atoms with Crippen LogP contribution in [0, 0.1) is 13.8 Å². The Morgan fingerprint density at radius 3 is 2.27 bits per heavy atom. The van der Waals surface area contributed by atoms with E-state index in [0.717, 1.165) is 15.8 Å². The zero-order valence-corrected chi connectivity index (χ0v) is 14.3. The fraction of sp³-hybridized carbons (Fsp3) is 0.158. The van der Waals surface area contributed by atoms with Crippen LogP contribution in [0.25, 0.3) is 10.8 Å². The van der Waals surface area contributed by atoms with Gasteiger partial charge in [-0.1, -0.05) is 36.4 Å². The highest BCUT2D eigenvalue weighted by Gasteiger charge is 2.14. The molecule has 0 saturated carbocycles. The average Bonchev–Trinajstić information content (AvgIpc) is 2.60. The van der Waals surface area contributed by atoms with Crippen molar-refractivity contribution in [3.05, 3.63) is 69.6 Å². The van der Waals surface area contributed by atoms with Gasteiger partial charge in [-0.15, -0.1) is 0 Å². The molecular weight excluding hydrogens is 334 g/mol. The Morgan fingerprint density at radius 1 is 1.04 bits per heavy atom. The van der Waals surface area contributed by atoms with Crippen molar-refractivity contribution in [1.82, 2.24) is 9.78 Å². The van der Waals surface area contributed by atoms with E-state index in [9.17, 15) is 19.5 Å². The number of benzene rings is 2. The molecule has 0 radical (unpaired) electrons. The summed E-state index contributed by atoms with van der Waals surface area (Å²) >= 11 is 0. The quantitative estimate of drug-likeness (QED) is 0.756. The number of aromatic carboxylic acids is 1. The molecule has 0 spiro atoms. The Hall–Kier alpha value is -3.48. The smallest absolute Gasteiger partial charge is 0.275 e. The first kappa shape index (κ1) is 17.3. The normalized spacial score (nSPS) is 10.7. The summed E-state index contributed by atoms with van der Waals surface area (Å²) in [7, 11) is 0. The number of hydrogen-bond acceptors (Lipinski definition) is 5. The third-order valence-electron chi connectivity index (χ3n) is 4.10. The second-order valence-electron chi connectivity index (χ2n) is 5.96. The zero-order valence-electron chi connectivity index (χ0n) is 14.3. The van der Waals surface area contributed by atoms with E-state index in [1.54, 1.807) is 12.1 Å². The van der Waals surface area contributed by atoms with Crippen LogP contribution in [0.5, 0.6) is 0 Å². The third-order valence-corrected chi connectivity index (χ3v) is 4.10. The number of carbonyl (C=O) groups excluding carboxylic acids is 2. The van der Waals surface area contributed by atoms with Crippen LogP contribution in [0.2, 0.25) is 0 Å². The molecule has 0 fully saturated rings. The third kappa shape index (κ3) is 3.19. The van der Waals surface area contributed by atoms with Gasteiger partial charge in [-0.3, -0.25) is 9.59 Å². The van der Waals surface area contributed by atoms with E-state index in [-0.39, 0.29) is 16.5 Å². The first-order valence-corrected chi connectivity index (χ1v) is 7.95. The van der Waals surface area contributed by atoms with Crippen LogP contribution >= 0.6 is 0 Å². The molecule has 0 aliphatic carbocycles. The second kappa shape index (κ2) is 6.79. The predicted octanol–water partition coefficient (Wildman–Crippen LogP) is 1.02. The molecular formula is C19H16N3O4-. The highest BCUT2D eigenvalue weighted by atomic mass is 16.4. The summed E-state index contributed by atoms with van der Waals surface area (Å²) in [5.41, 5.74) is 1.51. The summed E-state index contributed by atoms with van der Waals surface area (Å²) in [5, 5.41) is 18.3. The van der Waals surface area contributed by atoms with Gasteiger partial charge in [-0.2, -0.15) is 5.10 Å². The van der Waals surface area contributed by atoms with Crippen LogP contribution in [-0.4, -0.2) is 21.7 Å². The van der Waals surface area contributed by atoms with Crippen molar-refractivity contribution in [2.75, 3.05) is 5.32 Å². The van der Waals surface area contributed by atoms with Gasteiger partial charge in [-0.25, -0.2) is 4.68 Å². The van der Waals surface area contributed by atoms with E-state index in [1.165, 1.54) is 12.1 Å². The summed E-state index contributed by atoms with van der Waals surface area (Å²) in [6.07, 6.45) is 0. The van der Waals surface area contributed by atoms with Gasteiger partial charge in [0.2, 0.25) is 5.91 Å². The number of hydrogen-bond donors (Lipinski definition) is 1. The number of nitrogens with zero attached hydrogens (tertiary/aromatic N) is 2. The van der Waals surface area contributed by atoms with E-state index >= 15 is 0 Å². The summed E-state index contributed by atoms with van der Waals surface area (Å²) < 4.78 is 0.844. The summed E-state index contributed by atoms with van der Waals surface area (Å²) in [4.78, 5) is 36.3. The maximum Gasteiger partial charge on any atom is 0.275 e. The van der Waals surface area contributed by atoms with E-state index in [0.29, 0.717) is 5.69 Å². The monoisotopic (exact) mass is 350 g/mol. The number of fused-ring (bicyclic) bond motifs is 1. The Morgan fingerprint density at radius 2 is 1.65 bits per heavy atom. The molecule has 0 unspecified atom stereocenters. The van der Waals surface area contributed by atoms with Crippen molar-refractivity contribution in [2.45, 2.75) is 20.4 Å². The molecule has 0 atom stereocenters. The number of para-hydroxylation sites is 1. The lowest BCUT2D eigenvalue weighted by Crippen LogP contribution is -2.34. The number of aromatic nitrogens is 2. The molecule has 0 saturated heterocycles. The first-order valence-electron chi connectivity index (χ1n) is 7.95. The number of carbonyl (C=O) groups is 2. The lowest BCUT2D eigenvalue weighted by atomic mass is 10.1. The molecule has 1 heterocycles. The van der Waals surface area contributed by atoms with Gasteiger partial charge in [0.05, 0.1) is 11.4 Å². The molecule has 132 valence electrons. The SMILES string of the molecule is Cc1cccc(C)c1NC(=O)Cn1nc(C(=O)[O-])c2ccccc2c1=O. The van der Waals surface area contributed by atoms with Gasteiger partial charge in [0, 0.05) is 11.1 Å². The summed E-state index contributed by atoms with van der Waals surface area (Å²) in [6, 6.07) is 11.8. The number of amides is 1. The van der Waals surface area contributed by atoms with Crippen LogP contribution in [-0.2, 0) is 11.3 Å². The van der Waals surface area contributed by atoms with Crippen LogP contribution in [0.4, 0.5) is 5.69 Å². The molecule has 3 rings (SSSR count). The first-order chi connectivity index (χ1) is 12.4. The molecule has 0 aliphatic rings. The lowest BCUT2D eigenvalue weighted by Gasteiger charge is -2.13. The fourth-order valence-electron chi connectivity index (χ4n) is 2.82. The second-order valence-corrected chi connectivity index (χ2v) is 5.96. The largest absolute Gasteiger partial charge is 0.543 e. The molecule has 7 nitrogen and oxygen atoms in total. The standard InChI is InChI=1S/C19H17N3O4/c1-11-6-5-7-12(2)16(11)20-15(23)10-22-18(24)14-9-4-3-8-13(14)17(21-22)19(25)26/h3-9H,10H2,1-2H3,(H,20,23)(H,25,26)/p-1. The number of carboxylic acids is 1. The zero-order chi connectivity index (χ0) is 18.8. The molecule has 0 aliphatic heterocycles. The summed E-state index contributed by atoms with van der Waals surface area (Å²) in [5.74, 6) is -1.98. The van der Waals surface area contributed by atoms with Gasteiger partial charge < -0.3 is 15.2 Å². The molecule has 1 amide bonds. The minimum Gasteiger partial charge on any atom is -0.543 e. The minimum atomic E-state index is -1.51. The molecule has 1 aromatic heterocycles. The summed E-state index contributed by atoms with van der Waals surface area (Å²) in [6.45, 7) is 3.31. The molecule has 26 heavy (non-hydrogen) atoms. The minimum absolute atomic E-state index is 0.168. The molecule has 7 heteroatoms. The highest BCUT2D eigenvalue weighted by Crippen LogP contribution is 2.19. The van der Waals surface area contributed by atoms with E-state index in [1.807, 2.05) is 32.0 Å². The van der Waals surface area contributed by atoms with Crippen molar-refractivity contribution >= 4 is 28.3 Å². The Labute approximate surface area is 148 Å². The molecule has 3 aromatic rings. The average molecular weight is 350 g/mol. The van der Waals surface area contributed by atoms with Crippen LogP contribution < -0.4 is 16.0 Å². The van der Waals surface area contributed by atoms with Crippen molar-refractivity contribution in [3.8, 4) is 0 Å². The maximum atomic E-state index is 12.5. The Kier molecular flexibility index (Phi) is 4.53. The van der Waals surface area contributed by atoms with Crippen molar-refractivity contribution in [2.24, 2.45) is 0 Å². The van der Waals surface area contributed by atoms with Gasteiger partial charge in [0.1, 0.15) is 12.2 Å². The van der Waals surface area contributed by atoms with Gasteiger partial charge >= 0.3 is 0 Å². The predicted molar refractivity (Wildman–Crippen MR) is 94.9 cm³/mol. The molecule has 2 aromatic carbocycles. The topological polar surface area (TPSA) is 104 Å². The molecule has 0 bridgehead atoms. The number of nitrogens with one attached hydrogen (secondary N) is 1. The van der Waals surface area contributed by atoms with Crippen LogP contribution in [0.1, 0.15) is 21.6 Å². The van der Waals surface area contributed by atoms with E-state index < -0.39 is 24.0 Å². The highest BCUT2D eigenvalue weighted by molar-refractivity contribution is 6.00. The Bertz CT molecular complexity index is 1070. The van der Waals surface area contributed by atoms with Crippen molar-refractivity contribution in [3.63, 3.8) is 0 Å². The van der Waals surface area contributed by atoms with Crippen LogP contribution in [0.15, 0.2) is 47.3 Å². The van der Waals surface area contributed by atoms with Gasteiger partial charge in [-0.05, 0) is 31.0 Å². The van der Waals surface area contributed by atoms with Crippen molar-refractivity contribution < 1.29 is 14.7 Å². The van der Waals surface area contributed by atoms with E-state index in [4.69, 9.17) is 0 Å². The molecule has 1 N–H and O–H groups in total. The van der Waals surface area contributed by atoms with Crippen LogP contribution in [0.3, 0.4) is 0 Å². The van der Waals surface area contributed by atoms with Gasteiger partial charge in [0.25, 0.3) is 5.56 Å². The fourth-order valence-corrected chi connectivity index (χ4v) is 2.82. The van der Waals surface area contributed by atoms with E-state index in [2.05, 4.69) is 10.4 Å². The Balaban J connectivity index is 1.98. The van der Waals surface area contributed by atoms with Gasteiger partial charge in [0.15, 0.2) is 0 Å². The number of anilines is 1. The number of carboxylic acid groups (broad SMARTS) is 1. The van der Waals surface area contributed by atoms with Crippen molar-refractivity contribution in [1.29, 1.82) is 0 Å². The number of rotatable bonds is 4. The number of aryl methyl sites for hydroxylation is 2. The lowest BCUT2D eigenvalue weighted by molar-refractivity contribution is -0.255. The maximum absolute atomic E-state index is 12.5.